The second kappa shape index (κ2) is 5.59. The Morgan fingerprint density at radius 1 is 0.900 bits per heavy atom. The van der Waals surface area contributed by atoms with Crippen LogP contribution in [0.4, 0.5) is 0 Å². The second-order valence-electron chi connectivity index (χ2n) is 5.73. The predicted octanol–water partition coefficient (Wildman–Crippen LogP) is 5.52. The minimum atomic E-state index is -0.114. The van der Waals surface area contributed by atoms with Crippen LogP contribution in [0, 0.1) is 0 Å². The molecule has 104 valence electrons. The average Bonchev–Trinajstić information content (AvgIpc) is 2.40. The highest BCUT2D eigenvalue weighted by Crippen LogP contribution is 2.31. The fourth-order valence-electron chi connectivity index (χ4n) is 2.16. The number of hydrogen-bond acceptors (Lipinski definition) is 1. The zero-order valence-electron chi connectivity index (χ0n) is 11.7. The predicted molar refractivity (Wildman–Crippen MR) is 85.0 cm³/mol. The number of halogens is 2. The topological polar surface area (TPSA) is 17.1 Å². The lowest BCUT2D eigenvalue weighted by atomic mass is 9.82. The summed E-state index contributed by atoms with van der Waals surface area (Å²) in [4.78, 5) is 12.7. The summed E-state index contributed by atoms with van der Waals surface area (Å²) >= 11 is 12.1. The van der Waals surface area contributed by atoms with E-state index in [4.69, 9.17) is 23.2 Å². The van der Waals surface area contributed by atoms with E-state index in [1.807, 2.05) is 24.3 Å². The summed E-state index contributed by atoms with van der Waals surface area (Å²) in [5, 5.41) is 0.702. The van der Waals surface area contributed by atoms with Crippen LogP contribution in [0.5, 0.6) is 0 Å². The molecule has 0 heterocycles. The maximum absolute atomic E-state index is 12.7. The van der Waals surface area contributed by atoms with Gasteiger partial charge < -0.3 is 0 Å². The summed E-state index contributed by atoms with van der Waals surface area (Å²) in [6, 6.07) is 12.7. The largest absolute Gasteiger partial charge is 0.289 e. The Morgan fingerprint density at radius 2 is 1.50 bits per heavy atom. The molecule has 0 fully saturated rings. The highest BCUT2D eigenvalue weighted by atomic mass is 35.5. The van der Waals surface area contributed by atoms with Crippen LogP contribution in [0.3, 0.4) is 0 Å². The van der Waals surface area contributed by atoms with Gasteiger partial charge in [-0.3, -0.25) is 4.79 Å². The first-order valence-corrected chi connectivity index (χ1v) is 7.16. The summed E-state index contributed by atoms with van der Waals surface area (Å²) in [5.74, 6) is -0.0944. The number of ketones is 1. The van der Waals surface area contributed by atoms with Crippen LogP contribution in [0.25, 0.3) is 0 Å². The Balaban J connectivity index is 2.58. The zero-order chi connectivity index (χ0) is 14.9. The fourth-order valence-corrected chi connectivity index (χ4v) is 2.55. The highest BCUT2D eigenvalue weighted by Gasteiger charge is 2.23. The van der Waals surface area contributed by atoms with E-state index in [9.17, 15) is 4.79 Å². The van der Waals surface area contributed by atoms with E-state index < -0.39 is 0 Å². The van der Waals surface area contributed by atoms with Crippen LogP contribution < -0.4 is 0 Å². The monoisotopic (exact) mass is 306 g/mol. The normalized spacial score (nSPS) is 11.4. The molecule has 2 aromatic carbocycles. The minimum absolute atomic E-state index is 0.0944. The first-order valence-electron chi connectivity index (χ1n) is 6.40. The molecule has 0 bridgehead atoms. The first kappa shape index (κ1) is 15.1. The van der Waals surface area contributed by atoms with E-state index in [0.29, 0.717) is 21.2 Å². The molecule has 3 heteroatoms. The molecule has 0 aliphatic heterocycles. The van der Waals surface area contributed by atoms with Crippen molar-refractivity contribution in [1.82, 2.24) is 0 Å². The number of rotatable bonds is 2. The Kier molecular flexibility index (Phi) is 4.22. The number of hydrogen-bond donors (Lipinski definition) is 0. The number of carbonyl (C=O) groups excluding carboxylic acids is 1. The molecule has 0 aliphatic carbocycles. The molecular weight excluding hydrogens is 291 g/mol. The van der Waals surface area contributed by atoms with Gasteiger partial charge in [-0.15, -0.1) is 0 Å². The molecule has 1 nitrogen and oxygen atoms in total. The Labute approximate surface area is 129 Å². The summed E-state index contributed by atoms with van der Waals surface area (Å²) in [6.45, 7) is 6.25. The maximum atomic E-state index is 12.7. The smallest absolute Gasteiger partial charge is 0.194 e. The van der Waals surface area contributed by atoms with E-state index in [2.05, 4.69) is 20.8 Å². The van der Waals surface area contributed by atoms with E-state index in [-0.39, 0.29) is 11.2 Å². The molecule has 0 saturated heterocycles. The minimum Gasteiger partial charge on any atom is -0.289 e. The van der Waals surface area contributed by atoms with Gasteiger partial charge in [0.05, 0.1) is 10.0 Å². The molecule has 0 amide bonds. The van der Waals surface area contributed by atoms with Gasteiger partial charge in [-0.1, -0.05) is 74.3 Å². The lowest BCUT2D eigenvalue weighted by Gasteiger charge is -2.22. The standard InChI is InChI=1S/C17H16Cl2O/c1-17(2,3)13-9-5-4-7-11(13)16(20)12-8-6-10-14(18)15(12)19/h4-10H,1-3H3. The second-order valence-corrected chi connectivity index (χ2v) is 6.51. The van der Waals surface area contributed by atoms with Crippen molar-refractivity contribution in [3.8, 4) is 0 Å². The van der Waals surface area contributed by atoms with Gasteiger partial charge >= 0.3 is 0 Å². The first-order chi connectivity index (χ1) is 9.32. The van der Waals surface area contributed by atoms with Gasteiger partial charge in [-0.05, 0) is 23.1 Å². The van der Waals surface area contributed by atoms with Crippen LogP contribution in [0.1, 0.15) is 42.3 Å². The van der Waals surface area contributed by atoms with Crippen LogP contribution in [-0.4, -0.2) is 5.78 Å². The molecule has 0 aromatic heterocycles. The molecule has 2 rings (SSSR count). The molecule has 0 atom stereocenters. The van der Waals surface area contributed by atoms with Gasteiger partial charge in [0.25, 0.3) is 0 Å². The summed E-state index contributed by atoms with van der Waals surface area (Å²) in [6.07, 6.45) is 0. The van der Waals surface area contributed by atoms with Gasteiger partial charge in [0.2, 0.25) is 0 Å². The van der Waals surface area contributed by atoms with E-state index in [1.54, 1.807) is 18.2 Å². The number of benzene rings is 2. The molecule has 0 unspecified atom stereocenters. The van der Waals surface area contributed by atoms with Crippen LogP contribution in [0.15, 0.2) is 42.5 Å². The molecular formula is C17H16Cl2O. The number of carbonyl (C=O) groups is 1. The van der Waals surface area contributed by atoms with Gasteiger partial charge in [0.15, 0.2) is 5.78 Å². The highest BCUT2D eigenvalue weighted by molar-refractivity contribution is 6.44. The average molecular weight is 307 g/mol. The summed E-state index contributed by atoms with van der Waals surface area (Å²) in [5.41, 5.74) is 2.00. The van der Waals surface area contributed by atoms with E-state index in [0.717, 1.165) is 5.56 Å². The molecule has 0 aliphatic rings. The van der Waals surface area contributed by atoms with Crippen molar-refractivity contribution in [3.63, 3.8) is 0 Å². The molecule has 2 aromatic rings. The SMILES string of the molecule is CC(C)(C)c1ccccc1C(=O)c1cccc(Cl)c1Cl. The van der Waals surface area contributed by atoms with Crippen LogP contribution >= 0.6 is 23.2 Å². The lowest BCUT2D eigenvalue weighted by molar-refractivity contribution is 0.103. The van der Waals surface area contributed by atoms with Crippen LogP contribution in [-0.2, 0) is 5.41 Å². The Morgan fingerprint density at radius 3 is 2.15 bits per heavy atom. The summed E-state index contributed by atoms with van der Waals surface area (Å²) in [7, 11) is 0. The van der Waals surface area contributed by atoms with E-state index in [1.165, 1.54) is 0 Å². The van der Waals surface area contributed by atoms with Crippen molar-refractivity contribution in [3.05, 3.63) is 69.2 Å². The zero-order valence-corrected chi connectivity index (χ0v) is 13.2. The molecule has 0 radical (unpaired) electrons. The van der Waals surface area contributed by atoms with Crippen LogP contribution in [0.2, 0.25) is 10.0 Å². The van der Waals surface area contributed by atoms with E-state index >= 15 is 0 Å². The Hall–Kier alpha value is -1.31. The van der Waals surface area contributed by atoms with Crippen molar-refractivity contribution < 1.29 is 4.79 Å². The lowest BCUT2D eigenvalue weighted by Crippen LogP contribution is -2.17. The molecule has 0 spiro atoms. The van der Waals surface area contributed by atoms with Gasteiger partial charge in [0, 0.05) is 11.1 Å². The van der Waals surface area contributed by atoms with Crippen molar-refractivity contribution in [2.24, 2.45) is 0 Å². The van der Waals surface area contributed by atoms with Gasteiger partial charge in [0.1, 0.15) is 0 Å². The van der Waals surface area contributed by atoms with Crippen molar-refractivity contribution in [2.45, 2.75) is 26.2 Å². The molecule has 20 heavy (non-hydrogen) atoms. The van der Waals surface area contributed by atoms with Crippen molar-refractivity contribution in [1.29, 1.82) is 0 Å². The Bertz CT molecular complexity index is 654. The van der Waals surface area contributed by atoms with Gasteiger partial charge in [-0.25, -0.2) is 0 Å². The molecule has 0 N–H and O–H groups in total. The fraction of sp³-hybridized carbons (Fsp3) is 0.235. The van der Waals surface area contributed by atoms with Crippen molar-refractivity contribution in [2.75, 3.05) is 0 Å². The molecule has 0 saturated carbocycles. The van der Waals surface area contributed by atoms with Crippen molar-refractivity contribution >= 4 is 29.0 Å². The van der Waals surface area contributed by atoms with Gasteiger partial charge in [-0.2, -0.15) is 0 Å². The quantitative estimate of drug-likeness (QED) is 0.667. The third-order valence-electron chi connectivity index (χ3n) is 3.18. The maximum Gasteiger partial charge on any atom is 0.194 e. The summed E-state index contributed by atoms with van der Waals surface area (Å²) < 4.78 is 0. The third-order valence-corrected chi connectivity index (χ3v) is 3.99. The third kappa shape index (κ3) is 2.89.